The second-order valence-corrected chi connectivity index (χ2v) is 6.34. The van der Waals surface area contributed by atoms with E-state index in [1.165, 1.54) is 64.1 Å². The summed E-state index contributed by atoms with van der Waals surface area (Å²) in [7, 11) is 0. The average molecular weight is 220 g/mol. The van der Waals surface area contributed by atoms with E-state index < -0.39 is 0 Å². The van der Waals surface area contributed by atoms with E-state index in [2.05, 4.69) is 0 Å². The fraction of sp³-hybridized carbons (Fsp3) is 0.933. The Morgan fingerprint density at radius 1 is 0.688 bits per heavy atom. The summed E-state index contributed by atoms with van der Waals surface area (Å²) in [6.45, 7) is 0. The second-order valence-electron chi connectivity index (χ2n) is 6.34. The molecule has 0 spiro atoms. The number of carbonyl (C=O) groups is 1. The molecule has 5 unspecified atom stereocenters. The van der Waals surface area contributed by atoms with Gasteiger partial charge < -0.3 is 4.79 Å². The summed E-state index contributed by atoms with van der Waals surface area (Å²) in [6.07, 6.45) is 13.9. The molecule has 3 fully saturated rings. The molecule has 0 aromatic rings. The Morgan fingerprint density at radius 2 is 1.50 bits per heavy atom. The first-order chi connectivity index (χ1) is 7.90. The Morgan fingerprint density at radius 3 is 2.38 bits per heavy atom. The molecule has 3 aliphatic carbocycles. The molecule has 0 bridgehead atoms. The zero-order valence-corrected chi connectivity index (χ0v) is 10.2. The monoisotopic (exact) mass is 220 g/mol. The first-order valence-corrected chi connectivity index (χ1v) is 7.35. The van der Waals surface area contributed by atoms with Gasteiger partial charge in [-0.2, -0.15) is 0 Å². The van der Waals surface area contributed by atoms with Crippen LogP contribution in [-0.4, -0.2) is 6.29 Å². The lowest BCUT2D eigenvalue weighted by Crippen LogP contribution is -2.42. The van der Waals surface area contributed by atoms with Gasteiger partial charge in [0.15, 0.2) is 0 Å². The van der Waals surface area contributed by atoms with Crippen molar-refractivity contribution in [2.45, 2.75) is 57.8 Å². The third-order valence-electron chi connectivity index (χ3n) is 5.74. The predicted molar refractivity (Wildman–Crippen MR) is 65.1 cm³/mol. The van der Waals surface area contributed by atoms with Crippen LogP contribution >= 0.6 is 0 Å². The quantitative estimate of drug-likeness (QED) is 0.614. The molecule has 16 heavy (non-hydrogen) atoms. The first-order valence-electron chi connectivity index (χ1n) is 7.35. The molecule has 1 nitrogen and oxygen atoms in total. The van der Waals surface area contributed by atoms with Crippen LogP contribution in [0.15, 0.2) is 0 Å². The fourth-order valence-corrected chi connectivity index (χ4v) is 5.03. The molecule has 0 aromatic carbocycles. The van der Waals surface area contributed by atoms with Gasteiger partial charge >= 0.3 is 0 Å². The minimum Gasteiger partial charge on any atom is -0.303 e. The minimum atomic E-state index is 0.418. The van der Waals surface area contributed by atoms with Gasteiger partial charge in [0, 0.05) is 5.92 Å². The van der Waals surface area contributed by atoms with E-state index in [0.717, 1.165) is 23.7 Å². The SMILES string of the molecule is O=CC1CCCC2C1CCC1CCCCC12. The molecule has 0 aromatic heterocycles. The Hall–Kier alpha value is -0.330. The van der Waals surface area contributed by atoms with Crippen LogP contribution in [0.25, 0.3) is 0 Å². The van der Waals surface area contributed by atoms with E-state index in [-0.39, 0.29) is 0 Å². The van der Waals surface area contributed by atoms with Gasteiger partial charge in [0.1, 0.15) is 6.29 Å². The lowest BCUT2D eigenvalue weighted by atomic mass is 9.55. The third-order valence-corrected chi connectivity index (χ3v) is 5.74. The first kappa shape index (κ1) is 10.8. The van der Waals surface area contributed by atoms with Crippen LogP contribution in [-0.2, 0) is 4.79 Å². The molecular weight excluding hydrogens is 196 g/mol. The molecule has 0 N–H and O–H groups in total. The molecule has 1 heteroatoms. The maximum Gasteiger partial charge on any atom is 0.123 e. The molecule has 0 saturated heterocycles. The van der Waals surface area contributed by atoms with E-state index in [4.69, 9.17) is 0 Å². The van der Waals surface area contributed by atoms with E-state index in [9.17, 15) is 4.79 Å². The van der Waals surface area contributed by atoms with Crippen LogP contribution in [0.5, 0.6) is 0 Å². The van der Waals surface area contributed by atoms with Gasteiger partial charge in [-0.3, -0.25) is 0 Å². The molecule has 0 heterocycles. The van der Waals surface area contributed by atoms with Crippen LogP contribution in [0.3, 0.4) is 0 Å². The normalized spacial score (nSPS) is 47.9. The van der Waals surface area contributed by atoms with Gasteiger partial charge in [0.2, 0.25) is 0 Å². The number of aldehydes is 1. The summed E-state index contributed by atoms with van der Waals surface area (Å²) in [5.41, 5.74) is 0. The fourth-order valence-electron chi connectivity index (χ4n) is 5.03. The molecule has 3 rings (SSSR count). The van der Waals surface area contributed by atoms with E-state index in [0.29, 0.717) is 5.92 Å². The highest BCUT2D eigenvalue weighted by molar-refractivity contribution is 5.54. The zero-order chi connectivity index (χ0) is 11.0. The van der Waals surface area contributed by atoms with Crippen molar-refractivity contribution in [2.24, 2.45) is 29.6 Å². The van der Waals surface area contributed by atoms with Gasteiger partial charge in [0.25, 0.3) is 0 Å². The highest BCUT2D eigenvalue weighted by Gasteiger charge is 2.44. The number of hydrogen-bond acceptors (Lipinski definition) is 1. The van der Waals surface area contributed by atoms with Crippen LogP contribution in [0.1, 0.15) is 57.8 Å². The van der Waals surface area contributed by atoms with Crippen molar-refractivity contribution < 1.29 is 4.79 Å². The van der Waals surface area contributed by atoms with E-state index in [1.807, 2.05) is 0 Å². The van der Waals surface area contributed by atoms with Crippen LogP contribution in [0, 0.1) is 29.6 Å². The third kappa shape index (κ3) is 1.72. The average Bonchev–Trinajstić information content (AvgIpc) is 2.37. The Bertz CT molecular complexity index is 260. The molecular formula is C15H24O. The molecule has 3 saturated carbocycles. The van der Waals surface area contributed by atoms with Gasteiger partial charge in [-0.05, 0) is 55.8 Å². The molecule has 3 aliphatic rings. The van der Waals surface area contributed by atoms with Gasteiger partial charge in [0.05, 0.1) is 0 Å². The number of fused-ring (bicyclic) bond motifs is 3. The smallest absolute Gasteiger partial charge is 0.123 e. The van der Waals surface area contributed by atoms with E-state index >= 15 is 0 Å². The minimum absolute atomic E-state index is 0.418. The summed E-state index contributed by atoms with van der Waals surface area (Å²) >= 11 is 0. The number of carbonyl (C=O) groups excluding carboxylic acids is 1. The van der Waals surface area contributed by atoms with Gasteiger partial charge in [-0.25, -0.2) is 0 Å². The molecule has 5 atom stereocenters. The summed E-state index contributed by atoms with van der Waals surface area (Å²) in [5, 5.41) is 0. The van der Waals surface area contributed by atoms with Crippen molar-refractivity contribution in [3.05, 3.63) is 0 Å². The van der Waals surface area contributed by atoms with Crippen LogP contribution < -0.4 is 0 Å². The van der Waals surface area contributed by atoms with Gasteiger partial charge in [-0.1, -0.05) is 25.7 Å². The lowest BCUT2D eigenvalue weighted by molar-refractivity contribution is -0.117. The van der Waals surface area contributed by atoms with Crippen molar-refractivity contribution in [2.75, 3.05) is 0 Å². The van der Waals surface area contributed by atoms with Crippen LogP contribution in [0.2, 0.25) is 0 Å². The van der Waals surface area contributed by atoms with Gasteiger partial charge in [-0.15, -0.1) is 0 Å². The summed E-state index contributed by atoms with van der Waals surface area (Å²) in [5.74, 6) is 4.13. The van der Waals surface area contributed by atoms with Crippen molar-refractivity contribution in [1.82, 2.24) is 0 Å². The Labute approximate surface area is 99.0 Å². The molecule has 90 valence electrons. The summed E-state index contributed by atoms with van der Waals surface area (Å²) < 4.78 is 0. The van der Waals surface area contributed by atoms with Crippen molar-refractivity contribution in [3.8, 4) is 0 Å². The number of hydrogen-bond donors (Lipinski definition) is 0. The van der Waals surface area contributed by atoms with Crippen LogP contribution in [0.4, 0.5) is 0 Å². The van der Waals surface area contributed by atoms with E-state index in [1.54, 1.807) is 0 Å². The highest BCUT2D eigenvalue weighted by atomic mass is 16.1. The lowest BCUT2D eigenvalue weighted by Gasteiger charge is -2.49. The zero-order valence-electron chi connectivity index (χ0n) is 10.2. The highest BCUT2D eigenvalue weighted by Crippen LogP contribution is 2.52. The summed E-state index contributed by atoms with van der Waals surface area (Å²) in [4.78, 5) is 11.2. The predicted octanol–water partition coefficient (Wildman–Crippen LogP) is 3.82. The second kappa shape index (κ2) is 4.50. The Kier molecular flexibility index (Phi) is 3.04. The van der Waals surface area contributed by atoms with Crippen molar-refractivity contribution >= 4 is 6.29 Å². The van der Waals surface area contributed by atoms with Crippen molar-refractivity contribution in [1.29, 1.82) is 0 Å². The maximum absolute atomic E-state index is 11.2. The summed E-state index contributed by atoms with van der Waals surface area (Å²) in [6, 6.07) is 0. The maximum atomic E-state index is 11.2. The largest absolute Gasteiger partial charge is 0.303 e. The molecule has 0 radical (unpaired) electrons. The number of rotatable bonds is 1. The Balaban J connectivity index is 1.77. The topological polar surface area (TPSA) is 17.1 Å². The van der Waals surface area contributed by atoms with Crippen molar-refractivity contribution in [3.63, 3.8) is 0 Å². The standard InChI is InChI=1S/C15H24O/c16-10-12-5-3-7-15-13-6-2-1-4-11(13)8-9-14(12)15/h10-15H,1-9H2. The molecule has 0 amide bonds. The molecule has 0 aliphatic heterocycles.